The lowest BCUT2D eigenvalue weighted by molar-refractivity contribution is -0.134. The van der Waals surface area contributed by atoms with E-state index in [1.165, 1.54) is 30.3 Å². The van der Waals surface area contributed by atoms with Gasteiger partial charge in [-0.15, -0.1) is 4.40 Å². The van der Waals surface area contributed by atoms with Crippen LogP contribution in [0, 0.1) is 23.6 Å². The topological polar surface area (TPSA) is 145 Å². The van der Waals surface area contributed by atoms with Gasteiger partial charge in [0.1, 0.15) is 22.0 Å². The number of nitrogens with zero attached hydrogens (tertiary/aromatic N) is 2. The number of amides is 1. The molecule has 0 radical (unpaired) electrons. The van der Waals surface area contributed by atoms with E-state index in [0.29, 0.717) is 5.56 Å². The largest absolute Gasteiger partial charge is 0.511 e. The van der Waals surface area contributed by atoms with Gasteiger partial charge in [0.15, 0.2) is 5.84 Å². The van der Waals surface area contributed by atoms with Crippen molar-refractivity contribution in [1.29, 1.82) is 0 Å². The lowest BCUT2D eigenvalue weighted by Gasteiger charge is -2.44. The van der Waals surface area contributed by atoms with Crippen LogP contribution in [0.3, 0.4) is 0 Å². The number of rotatable bonds is 5. The molecule has 2 saturated carbocycles. The molecular formula is C25H24ClFN4O6S2. The maximum Gasteiger partial charge on any atom is 0.286 e. The molecule has 2 bridgehead atoms. The summed E-state index contributed by atoms with van der Waals surface area (Å²) in [4.78, 5) is 15.3. The monoisotopic (exact) mass is 594 g/mol. The van der Waals surface area contributed by atoms with E-state index in [4.69, 9.17) is 11.6 Å². The van der Waals surface area contributed by atoms with E-state index >= 15 is 0 Å². The minimum atomic E-state index is -4.37. The van der Waals surface area contributed by atoms with Gasteiger partial charge in [0.25, 0.3) is 15.9 Å². The van der Waals surface area contributed by atoms with Crippen LogP contribution in [0.4, 0.5) is 15.8 Å². The number of anilines is 2. The van der Waals surface area contributed by atoms with E-state index < -0.39 is 31.8 Å². The van der Waals surface area contributed by atoms with E-state index in [1.807, 2.05) is 0 Å². The number of aliphatic hydroxyl groups is 1. The van der Waals surface area contributed by atoms with Crippen LogP contribution in [-0.4, -0.2) is 50.9 Å². The van der Waals surface area contributed by atoms with Crippen LogP contribution in [-0.2, 0) is 31.4 Å². The molecule has 2 fully saturated rings. The number of nitrogens with one attached hydrogen (secondary N) is 2. The first-order valence-corrected chi connectivity index (χ1v) is 16.0. The highest BCUT2D eigenvalue weighted by Crippen LogP contribution is 2.55. The number of carbonyl (C=O) groups is 1. The number of hydrogen-bond acceptors (Lipinski definition) is 7. The summed E-state index contributed by atoms with van der Waals surface area (Å²) in [6.45, 7) is 0.0944. The molecule has 2 aromatic carbocycles. The van der Waals surface area contributed by atoms with Gasteiger partial charge in [-0.2, -0.15) is 8.42 Å². The van der Waals surface area contributed by atoms with Crippen LogP contribution in [0.2, 0.25) is 5.02 Å². The molecule has 2 aliphatic carbocycles. The molecule has 0 unspecified atom stereocenters. The Labute approximate surface area is 229 Å². The van der Waals surface area contributed by atoms with Crippen molar-refractivity contribution >= 4 is 54.8 Å². The van der Waals surface area contributed by atoms with Crippen molar-refractivity contribution in [3.05, 3.63) is 64.1 Å². The molecule has 206 valence electrons. The molecule has 6 rings (SSSR count). The van der Waals surface area contributed by atoms with Crippen molar-refractivity contribution in [3.8, 4) is 0 Å². The van der Waals surface area contributed by atoms with Crippen molar-refractivity contribution in [1.82, 2.24) is 4.90 Å². The van der Waals surface area contributed by atoms with Crippen molar-refractivity contribution in [2.24, 2.45) is 22.2 Å². The Bertz CT molecular complexity index is 1710. The van der Waals surface area contributed by atoms with Crippen molar-refractivity contribution in [2.45, 2.75) is 36.7 Å². The lowest BCUT2D eigenvalue weighted by atomic mass is 9.77. The highest BCUT2D eigenvalue weighted by Gasteiger charge is 2.57. The molecule has 0 aromatic heterocycles. The van der Waals surface area contributed by atoms with Crippen LogP contribution < -0.4 is 10.0 Å². The Morgan fingerprint density at radius 2 is 1.95 bits per heavy atom. The second-order valence-corrected chi connectivity index (χ2v) is 14.1. The summed E-state index contributed by atoms with van der Waals surface area (Å²) in [5.74, 6) is -1.76. The molecule has 10 nitrogen and oxygen atoms in total. The van der Waals surface area contributed by atoms with Crippen LogP contribution >= 0.6 is 11.6 Å². The second-order valence-electron chi connectivity index (χ2n) is 10.4. The van der Waals surface area contributed by atoms with Crippen molar-refractivity contribution in [2.75, 3.05) is 16.3 Å². The lowest BCUT2D eigenvalue weighted by Crippen LogP contribution is -2.53. The smallest absolute Gasteiger partial charge is 0.286 e. The average Bonchev–Trinajstić information content (AvgIpc) is 3.46. The highest BCUT2D eigenvalue weighted by atomic mass is 35.5. The molecule has 39 heavy (non-hydrogen) atoms. The standard InChI is InChI=1S/C25H24ClFN4O6S2/c1-38(34,35)29-15-5-7-18-19(10-15)39(36,37)30-24(28-18)21-23(32)20-13-3-4-14(9-13)22(20)31(25(21)33)11-12-2-6-17(27)16(26)8-12/h2,5-8,10,13-14,20,22,29,32H,3-4,9,11H2,1H3,(H,28,30)/t13-,14+,20-,22+/m1/s1. The molecule has 0 spiro atoms. The third kappa shape index (κ3) is 4.45. The third-order valence-electron chi connectivity index (χ3n) is 7.88. The predicted molar refractivity (Wildman–Crippen MR) is 143 cm³/mol. The van der Waals surface area contributed by atoms with Gasteiger partial charge in [0.05, 0.1) is 17.0 Å². The molecule has 2 aliphatic heterocycles. The minimum absolute atomic E-state index is 0.0324. The van der Waals surface area contributed by atoms with Gasteiger partial charge in [0, 0.05) is 24.2 Å². The van der Waals surface area contributed by atoms with Gasteiger partial charge in [0.2, 0.25) is 10.0 Å². The summed E-state index contributed by atoms with van der Waals surface area (Å²) in [5.41, 5.74) is 0.480. The third-order valence-corrected chi connectivity index (χ3v) is 10.1. The number of sulfonamides is 2. The highest BCUT2D eigenvalue weighted by molar-refractivity contribution is 7.92. The van der Waals surface area contributed by atoms with E-state index in [1.54, 1.807) is 4.90 Å². The fourth-order valence-corrected chi connectivity index (χ4v) is 8.34. The van der Waals surface area contributed by atoms with E-state index in [9.17, 15) is 31.1 Å². The molecule has 1 amide bonds. The van der Waals surface area contributed by atoms with Gasteiger partial charge in [-0.1, -0.05) is 17.7 Å². The van der Waals surface area contributed by atoms with Gasteiger partial charge < -0.3 is 15.3 Å². The number of halogens is 2. The average molecular weight is 595 g/mol. The minimum Gasteiger partial charge on any atom is -0.511 e. The summed E-state index contributed by atoms with van der Waals surface area (Å²) in [6.07, 6.45) is 3.56. The van der Waals surface area contributed by atoms with E-state index in [2.05, 4.69) is 14.4 Å². The molecule has 3 N–H and O–H groups in total. The fraction of sp³-hybridized carbons (Fsp3) is 0.360. The molecule has 4 aliphatic rings. The van der Waals surface area contributed by atoms with Gasteiger partial charge in [-0.05, 0) is 67.0 Å². The molecule has 4 atom stereocenters. The molecule has 0 saturated heterocycles. The van der Waals surface area contributed by atoms with Gasteiger partial charge in [-0.3, -0.25) is 9.52 Å². The number of hydrogen-bond donors (Lipinski definition) is 3. The Hall–Kier alpha value is -3.16. The maximum absolute atomic E-state index is 14.0. The summed E-state index contributed by atoms with van der Waals surface area (Å²) in [6, 6.07) is 7.78. The normalized spacial score (nSPS) is 27.1. The van der Waals surface area contributed by atoms with Crippen LogP contribution in [0.1, 0.15) is 24.8 Å². The number of amidine groups is 1. The number of carbonyl (C=O) groups excluding carboxylic acids is 1. The molecule has 2 heterocycles. The molecular weight excluding hydrogens is 571 g/mol. The summed E-state index contributed by atoms with van der Waals surface area (Å²) >= 11 is 5.98. The Morgan fingerprint density at radius 1 is 1.21 bits per heavy atom. The Kier molecular flexibility index (Phi) is 5.97. The van der Waals surface area contributed by atoms with Crippen molar-refractivity contribution < 1.29 is 31.1 Å². The van der Waals surface area contributed by atoms with E-state index in [0.717, 1.165) is 31.6 Å². The summed E-state index contributed by atoms with van der Waals surface area (Å²) in [5, 5.41) is 14.2. The van der Waals surface area contributed by atoms with Crippen LogP contribution in [0.5, 0.6) is 0 Å². The zero-order chi connectivity index (χ0) is 27.9. The zero-order valence-corrected chi connectivity index (χ0v) is 22.9. The molecule has 14 heteroatoms. The Morgan fingerprint density at radius 3 is 2.67 bits per heavy atom. The second kappa shape index (κ2) is 8.93. The van der Waals surface area contributed by atoms with Crippen LogP contribution in [0.25, 0.3) is 0 Å². The number of fused-ring (bicyclic) bond motifs is 6. The zero-order valence-electron chi connectivity index (χ0n) is 20.6. The maximum atomic E-state index is 14.0. The summed E-state index contributed by atoms with van der Waals surface area (Å²) in [7, 11) is -8.02. The SMILES string of the molecule is CS(=O)(=O)Nc1ccc2c(c1)S(=O)(=O)N=C(C1=C(O)[C@@H]3[C@@H]4CC[C@@H](C4)[C@@H]3N(Cc3ccc(F)c(Cl)c3)C1=O)N2. The first kappa shape index (κ1) is 26.1. The van der Waals surface area contributed by atoms with E-state index in [-0.39, 0.29) is 68.8 Å². The number of aliphatic hydroxyl groups excluding tert-OH is 1. The first-order valence-electron chi connectivity index (χ1n) is 12.2. The fourth-order valence-electron chi connectivity index (χ4n) is 6.43. The van der Waals surface area contributed by atoms with Crippen molar-refractivity contribution in [3.63, 3.8) is 0 Å². The summed E-state index contributed by atoms with van der Waals surface area (Å²) < 4.78 is 69.4. The predicted octanol–water partition coefficient (Wildman–Crippen LogP) is 3.63. The number of benzene rings is 2. The first-order chi connectivity index (χ1) is 18.3. The van der Waals surface area contributed by atoms with Gasteiger partial charge in [-0.25, -0.2) is 12.8 Å². The van der Waals surface area contributed by atoms with Crippen LogP contribution in [0.15, 0.2) is 57.0 Å². The quantitative estimate of drug-likeness (QED) is 0.479. The van der Waals surface area contributed by atoms with Gasteiger partial charge >= 0.3 is 0 Å². The Balaban J connectivity index is 1.41. The molecule has 2 aromatic rings.